The Hall–Kier alpha value is -1.90. The van der Waals surface area contributed by atoms with Crippen LogP contribution in [0.2, 0.25) is 0 Å². The maximum atomic E-state index is 12.7. The lowest BCUT2D eigenvalue weighted by atomic mass is 10.0. The van der Waals surface area contributed by atoms with E-state index >= 15 is 0 Å². The van der Waals surface area contributed by atoms with E-state index in [9.17, 15) is 8.42 Å². The van der Waals surface area contributed by atoms with Gasteiger partial charge in [-0.15, -0.1) is 0 Å². The number of benzene rings is 1. The zero-order valence-corrected chi connectivity index (χ0v) is 14.0. The molecule has 2 aromatic rings. The minimum absolute atomic E-state index is 0.0541. The van der Waals surface area contributed by atoms with E-state index in [0.29, 0.717) is 19.6 Å². The summed E-state index contributed by atoms with van der Waals surface area (Å²) in [5, 5.41) is 6.30. The van der Waals surface area contributed by atoms with Gasteiger partial charge in [-0.05, 0) is 13.1 Å². The van der Waals surface area contributed by atoms with E-state index in [2.05, 4.69) is 15.1 Å². The third kappa shape index (κ3) is 2.97. The SMILES string of the molecule is COc1ccccc1[C@@H]1CN(S(=O)(=O)c2cn[nH]c2)CCN1C. The summed E-state index contributed by atoms with van der Waals surface area (Å²) in [5.41, 5.74) is 0.990. The van der Waals surface area contributed by atoms with Gasteiger partial charge in [0.1, 0.15) is 10.6 Å². The molecule has 2 heterocycles. The van der Waals surface area contributed by atoms with E-state index in [1.807, 2.05) is 31.3 Å². The molecule has 1 saturated heterocycles. The molecule has 1 aromatic heterocycles. The summed E-state index contributed by atoms with van der Waals surface area (Å²) in [7, 11) is 0.0950. The number of hydrogen-bond donors (Lipinski definition) is 1. The van der Waals surface area contributed by atoms with Crippen LogP contribution in [0, 0.1) is 0 Å². The molecule has 1 aliphatic heterocycles. The summed E-state index contributed by atoms with van der Waals surface area (Å²) in [6, 6.07) is 7.67. The number of ether oxygens (including phenoxy) is 1. The van der Waals surface area contributed by atoms with Crippen LogP contribution in [-0.4, -0.2) is 61.6 Å². The van der Waals surface area contributed by atoms with Crippen LogP contribution in [0.5, 0.6) is 5.75 Å². The molecular weight excluding hydrogens is 316 g/mol. The van der Waals surface area contributed by atoms with E-state index in [-0.39, 0.29) is 10.9 Å². The molecule has 0 saturated carbocycles. The molecule has 0 aliphatic carbocycles. The number of aromatic nitrogens is 2. The highest BCUT2D eigenvalue weighted by Crippen LogP contribution is 2.32. The quantitative estimate of drug-likeness (QED) is 0.904. The molecule has 124 valence electrons. The van der Waals surface area contributed by atoms with Crippen molar-refractivity contribution in [2.24, 2.45) is 0 Å². The average Bonchev–Trinajstić information content (AvgIpc) is 3.10. The minimum Gasteiger partial charge on any atom is -0.496 e. The summed E-state index contributed by atoms with van der Waals surface area (Å²) in [6.07, 6.45) is 2.75. The van der Waals surface area contributed by atoms with Crippen molar-refractivity contribution >= 4 is 10.0 Å². The average molecular weight is 336 g/mol. The number of sulfonamides is 1. The number of methoxy groups -OCH3 is 1. The zero-order valence-electron chi connectivity index (χ0n) is 13.1. The predicted molar refractivity (Wildman–Crippen MR) is 85.7 cm³/mol. The van der Waals surface area contributed by atoms with Crippen molar-refractivity contribution < 1.29 is 13.2 Å². The molecule has 7 nitrogen and oxygen atoms in total. The van der Waals surface area contributed by atoms with E-state index in [4.69, 9.17) is 4.74 Å². The molecule has 1 fully saturated rings. The van der Waals surface area contributed by atoms with Gasteiger partial charge < -0.3 is 4.74 Å². The van der Waals surface area contributed by atoms with Crippen LogP contribution < -0.4 is 4.74 Å². The van der Waals surface area contributed by atoms with Gasteiger partial charge in [-0.25, -0.2) is 8.42 Å². The number of rotatable bonds is 4. The van der Waals surface area contributed by atoms with Gasteiger partial charge in [0.25, 0.3) is 0 Å². The van der Waals surface area contributed by atoms with Crippen molar-refractivity contribution in [3.63, 3.8) is 0 Å². The van der Waals surface area contributed by atoms with Crippen LogP contribution >= 0.6 is 0 Å². The molecule has 0 amide bonds. The molecule has 0 spiro atoms. The normalized spacial score (nSPS) is 20.5. The van der Waals surface area contributed by atoms with E-state index in [1.54, 1.807) is 7.11 Å². The van der Waals surface area contributed by atoms with Gasteiger partial charge in [-0.1, -0.05) is 18.2 Å². The summed E-state index contributed by atoms with van der Waals surface area (Å²) in [6.45, 7) is 1.49. The fourth-order valence-electron chi connectivity index (χ4n) is 2.87. The van der Waals surface area contributed by atoms with E-state index in [0.717, 1.165) is 11.3 Å². The molecule has 23 heavy (non-hydrogen) atoms. The van der Waals surface area contributed by atoms with Crippen molar-refractivity contribution in [2.45, 2.75) is 10.9 Å². The zero-order chi connectivity index (χ0) is 16.4. The highest BCUT2D eigenvalue weighted by atomic mass is 32.2. The molecule has 1 aromatic carbocycles. The summed E-state index contributed by atoms with van der Waals surface area (Å²) >= 11 is 0. The lowest BCUT2D eigenvalue weighted by molar-refractivity contribution is 0.146. The lowest BCUT2D eigenvalue weighted by Gasteiger charge is -2.39. The topological polar surface area (TPSA) is 78.5 Å². The monoisotopic (exact) mass is 336 g/mol. The maximum Gasteiger partial charge on any atom is 0.246 e. The Bertz CT molecular complexity index is 761. The van der Waals surface area contributed by atoms with Gasteiger partial charge in [-0.2, -0.15) is 9.40 Å². The van der Waals surface area contributed by atoms with Crippen LogP contribution in [0.15, 0.2) is 41.6 Å². The number of H-pyrrole nitrogens is 1. The third-order valence-electron chi connectivity index (χ3n) is 4.22. The van der Waals surface area contributed by atoms with Gasteiger partial charge in [0.15, 0.2) is 0 Å². The van der Waals surface area contributed by atoms with Crippen molar-refractivity contribution in [3.05, 3.63) is 42.2 Å². The number of para-hydroxylation sites is 1. The molecule has 0 radical (unpaired) electrons. The van der Waals surface area contributed by atoms with E-state index in [1.165, 1.54) is 16.7 Å². The standard InChI is InChI=1S/C15H20N4O3S/c1-18-7-8-19(23(20,21)12-9-16-17-10-12)11-14(18)13-5-3-4-6-15(13)22-2/h3-6,9-10,14H,7-8,11H2,1-2H3,(H,16,17)/t14-/m0/s1. The second kappa shape index (κ2) is 6.31. The molecule has 8 heteroatoms. The fraction of sp³-hybridized carbons (Fsp3) is 0.400. The van der Waals surface area contributed by atoms with Crippen LogP contribution in [0.4, 0.5) is 0 Å². The van der Waals surface area contributed by atoms with Gasteiger partial charge in [0.05, 0.1) is 19.3 Å². The number of hydrogen-bond acceptors (Lipinski definition) is 5. The van der Waals surface area contributed by atoms with Gasteiger partial charge in [0.2, 0.25) is 10.0 Å². The number of aromatic amines is 1. The third-order valence-corrected chi connectivity index (χ3v) is 6.05. The molecule has 0 unspecified atom stereocenters. The smallest absolute Gasteiger partial charge is 0.246 e. The Labute approximate surface area is 135 Å². The number of nitrogens with zero attached hydrogens (tertiary/aromatic N) is 3. The Balaban J connectivity index is 1.91. The first-order valence-electron chi connectivity index (χ1n) is 7.36. The minimum atomic E-state index is -3.53. The van der Waals surface area contributed by atoms with Gasteiger partial charge >= 0.3 is 0 Å². The van der Waals surface area contributed by atoms with Crippen LogP contribution in [-0.2, 0) is 10.0 Å². The molecular formula is C15H20N4O3S. The van der Waals surface area contributed by atoms with Crippen LogP contribution in [0.25, 0.3) is 0 Å². The Kier molecular flexibility index (Phi) is 4.38. The lowest BCUT2D eigenvalue weighted by Crippen LogP contribution is -2.48. The Morgan fingerprint density at radius 2 is 2.09 bits per heavy atom. The highest BCUT2D eigenvalue weighted by Gasteiger charge is 2.34. The van der Waals surface area contributed by atoms with E-state index < -0.39 is 10.0 Å². The van der Waals surface area contributed by atoms with Crippen molar-refractivity contribution in [2.75, 3.05) is 33.8 Å². The van der Waals surface area contributed by atoms with Gasteiger partial charge in [0, 0.05) is 31.4 Å². The second-order valence-electron chi connectivity index (χ2n) is 5.54. The van der Waals surface area contributed by atoms with Crippen molar-refractivity contribution in [1.82, 2.24) is 19.4 Å². The van der Waals surface area contributed by atoms with Crippen LogP contribution in [0.3, 0.4) is 0 Å². The van der Waals surface area contributed by atoms with Crippen LogP contribution in [0.1, 0.15) is 11.6 Å². The predicted octanol–water partition coefficient (Wildman–Crippen LogP) is 1.10. The molecule has 1 N–H and O–H groups in total. The molecule has 1 aliphatic rings. The molecule has 0 bridgehead atoms. The Morgan fingerprint density at radius 1 is 1.30 bits per heavy atom. The first kappa shape index (κ1) is 16.0. The second-order valence-corrected chi connectivity index (χ2v) is 7.47. The van der Waals surface area contributed by atoms with Gasteiger partial charge in [-0.3, -0.25) is 10.00 Å². The summed E-state index contributed by atoms with van der Waals surface area (Å²) in [5.74, 6) is 0.770. The van der Waals surface area contributed by atoms with Crippen molar-refractivity contribution in [3.8, 4) is 5.75 Å². The number of likely N-dealkylation sites (N-methyl/N-ethyl adjacent to an activating group) is 1. The molecule has 1 atom stereocenters. The first-order valence-corrected chi connectivity index (χ1v) is 8.80. The summed E-state index contributed by atoms with van der Waals surface area (Å²) in [4.78, 5) is 2.35. The first-order chi connectivity index (χ1) is 11.0. The highest BCUT2D eigenvalue weighted by molar-refractivity contribution is 7.89. The number of piperazine rings is 1. The summed E-state index contributed by atoms with van der Waals surface area (Å²) < 4.78 is 32.3. The fourth-order valence-corrected chi connectivity index (χ4v) is 4.22. The largest absolute Gasteiger partial charge is 0.496 e. The van der Waals surface area contributed by atoms with Crippen molar-refractivity contribution in [1.29, 1.82) is 0 Å². The number of nitrogens with one attached hydrogen (secondary N) is 1. The Morgan fingerprint density at radius 3 is 2.78 bits per heavy atom. The molecule has 3 rings (SSSR count). The maximum absolute atomic E-state index is 12.7.